The Morgan fingerprint density at radius 1 is 1.57 bits per heavy atom. The van der Waals surface area contributed by atoms with E-state index in [0.29, 0.717) is 12.1 Å². The molecule has 0 spiro atoms. The van der Waals surface area contributed by atoms with E-state index < -0.39 is 18.3 Å². The summed E-state index contributed by atoms with van der Waals surface area (Å²) in [4.78, 5) is 0. The maximum absolute atomic E-state index is 12.3. The van der Waals surface area contributed by atoms with Gasteiger partial charge in [-0.05, 0) is 12.8 Å². The van der Waals surface area contributed by atoms with Crippen LogP contribution in [-0.2, 0) is 0 Å². The van der Waals surface area contributed by atoms with Crippen LogP contribution in [0.3, 0.4) is 0 Å². The predicted molar refractivity (Wildman–Crippen MR) is 45.7 cm³/mol. The van der Waals surface area contributed by atoms with Gasteiger partial charge in [0.1, 0.15) is 0 Å². The third-order valence-corrected chi connectivity index (χ3v) is 2.15. The lowest BCUT2D eigenvalue weighted by Crippen LogP contribution is -2.52. The smallest absolute Gasteiger partial charge is 0.362 e. The average Bonchev–Trinajstić information content (AvgIpc) is 2.44. The molecule has 0 amide bonds. The molecule has 0 fully saturated rings. The van der Waals surface area contributed by atoms with E-state index in [1.54, 1.807) is 5.43 Å². The van der Waals surface area contributed by atoms with Gasteiger partial charge in [-0.25, -0.2) is 0 Å². The summed E-state index contributed by atoms with van der Waals surface area (Å²) in [5.41, 5.74) is -0.720. The lowest BCUT2D eigenvalue weighted by atomic mass is 10.0. The van der Waals surface area contributed by atoms with Crippen molar-refractivity contribution in [1.29, 1.82) is 0 Å². The first-order valence-corrected chi connectivity index (χ1v) is 4.51. The lowest BCUT2D eigenvalue weighted by molar-refractivity contribution is -0.266. The van der Waals surface area contributed by atoms with Crippen LogP contribution in [0, 0.1) is 0 Å². The molecule has 0 aromatic rings. The Kier molecular flexibility index (Phi) is 3.04. The predicted octanol–water partition coefficient (Wildman–Crippen LogP) is 1.78. The summed E-state index contributed by atoms with van der Waals surface area (Å²) in [7, 11) is 0. The molecule has 0 aromatic heterocycles. The van der Waals surface area contributed by atoms with Crippen molar-refractivity contribution in [2.45, 2.75) is 44.5 Å². The Hall–Kier alpha value is -0.780. The number of alkyl halides is 3. The normalized spacial score (nSPS) is 27.4. The number of hydrogen-bond donors (Lipinski definition) is 2. The Labute approximate surface area is 80.0 Å². The maximum atomic E-state index is 12.3. The molecule has 0 aromatic carbocycles. The fourth-order valence-electron chi connectivity index (χ4n) is 1.23. The van der Waals surface area contributed by atoms with Crippen molar-refractivity contribution >= 4 is 5.71 Å². The zero-order valence-corrected chi connectivity index (χ0v) is 7.86. The SMILES string of the molecule is CCCCC1=NNC(O)(C(F)(F)F)C1. The molecule has 1 unspecified atom stereocenters. The number of hydrazone groups is 1. The quantitative estimate of drug-likeness (QED) is 0.745. The molecule has 1 atom stereocenters. The minimum atomic E-state index is -4.68. The fourth-order valence-corrected chi connectivity index (χ4v) is 1.23. The second-order valence-electron chi connectivity index (χ2n) is 3.43. The Bertz CT molecular complexity index is 239. The maximum Gasteiger partial charge on any atom is 0.438 e. The van der Waals surface area contributed by atoms with Crippen molar-refractivity contribution in [3.8, 4) is 0 Å². The number of unbranched alkanes of at least 4 members (excludes halogenated alkanes) is 1. The number of halogens is 3. The van der Waals surface area contributed by atoms with Crippen LogP contribution in [0.15, 0.2) is 5.10 Å². The summed E-state index contributed by atoms with van der Waals surface area (Å²) in [6, 6.07) is 0. The topological polar surface area (TPSA) is 44.6 Å². The molecule has 1 heterocycles. The molecule has 0 saturated carbocycles. The van der Waals surface area contributed by atoms with Crippen LogP contribution in [0.1, 0.15) is 32.6 Å². The van der Waals surface area contributed by atoms with Crippen molar-refractivity contribution in [3.63, 3.8) is 0 Å². The van der Waals surface area contributed by atoms with Gasteiger partial charge in [0, 0.05) is 12.1 Å². The minimum absolute atomic E-state index is 0.381. The summed E-state index contributed by atoms with van der Waals surface area (Å²) in [6.07, 6.45) is -2.96. The van der Waals surface area contributed by atoms with Crippen molar-refractivity contribution in [3.05, 3.63) is 0 Å². The highest BCUT2D eigenvalue weighted by molar-refractivity contribution is 5.86. The molecular weight excluding hydrogens is 197 g/mol. The molecular formula is C8H13F3N2O. The average molecular weight is 210 g/mol. The molecule has 14 heavy (non-hydrogen) atoms. The molecule has 0 aliphatic carbocycles. The highest BCUT2D eigenvalue weighted by atomic mass is 19.4. The second kappa shape index (κ2) is 3.76. The van der Waals surface area contributed by atoms with Crippen molar-refractivity contribution in [2.75, 3.05) is 0 Å². The standard InChI is InChI=1S/C8H13F3N2O/c1-2-3-4-6-5-7(14,13-12-6)8(9,10)11/h13-14H,2-5H2,1H3. The summed E-state index contributed by atoms with van der Waals surface area (Å²) >= 11 is 0. The number of nitrogens with one attached hydrogen (secondary N) is 1. The van der Waals surface area contributed by atoms with E-state index in [4.69, 9.17) is 5.11 Å². The van der Waals surface area contributed by atoms with Crippen molar-refractivity contribution in [1.82, 2.24) is 5.43 Å². The number of rotatable bonds is 3. The summed E-state index contributed by atoms with van der Waals surface area (Å²) in [5.74, 6) is 0. The van der Waals surface area contributed by atoms with Crippen LogP contribution in [0.2, 0.25) is 0 Å². The van der Waals surface area contributed by atoms with E-state index in [-0.39, 0.29) is 0 Å². The van der Waals surface area contributed by atoms with Gasteiger partial charge in [0.15, 0.2) is 0 Å². The first-order chi connectivity index (χ1) is 6.39. The largest absolute Gasteiger partial charge is 0.438 e. The van der Waals surface area contributed by atoms with Gasteiger partial charge in [-0.1, -0.05) is 13.3 Å². The number of nitrogens with zero attached hydrogens (tertiary/aromatic N) is 1. The highest BCUT2D eigenvalue weighted by Crippen LogP contribution is 2.34. The van der Waals surface area contributed by atoms with Gasteiger partial charge in [-0.3, -0.25) is 5.43 Å². The van der Waals surface area contributed by atoms with E-state index >= 15 is 0 Å². The van der Waals surface area contributed by atoms with Gasteiger partial charge < -0.3 is 5.11 Å². The number of aliphatic hydroxyl groups is 1. The summed E-state index contributed by atoms with van der Waals surface area (Å²) in [6.45, 7) is 1.94. The van der Waals surface area contributed by atoms with Crippen molar-refractivity contribution in [2.24, 2.45) is 5.10 Å². The second-order valence-corrected chi connectivity index (χ2v) is 3.43. The van der Waals surface area contributed by atoms with Gasteiger partial charge in [-0.15, -0.1) is 0 Å². The van der Waals surface area contributed by atoms with Gasteiger partial charge in [0.05, 0.1) is 0 Å². The van der Waals surface area contributed by atoms with Gasteiger partial charge in [0.25, 0.3) is 5.72 Å². The molecule has 6 heteroatoms. The van der Waals surface area contributed by atoms with Crippen LogP contribution < -0.4 is 5.43 Å². The van der Waals surface area contributed by atoms with Crippen LogP contribution in [0.5, 0.6) is 0 Å². The molecule has 1 rings (SSSR count). The van der Waals surface area contributed by atoms with Crippen LogP contribution in [0.4, 0.5) is 13.2 Å². The van der Waals surface area contributed by atoms with Crippen LogP contribution >= 0.6 is 0 Å². The van der Waals surface area contributed by atoms with Crippen LogP contribution in [-0.4, -0.2) is 22.7 Å². The first kappa shape index (κ1) is 11.3. The van der Waals surface area contributed by atoms with Crippen molar-refractivity contribution < 1.29 is 18.3 Å². The molecule has 2 N–H and O–H groups in total. The zero-order chi connectivity index (χ0) is 10.8. The molecule has 82 valence electrons. The van der Waals surface area contributed by atoms with Crippen LogP contribution in [0.25, 0.3) is 0 Å². The Morgan fingerprint density at radius 2 is 2.21 bits per heavy atom. The third kappa shape index (κ3) is 2.17. The minimum Gasteiger partial charge on any atom is -0.362 e. The van der Waals surface area contributed by atoms with E-state index in [0.717, 1.165) is 12.8 Å². The lowest BCUT2D eigenvalue weighted by Gasteiger charge is -2.24. The van der Waals surface area contributed by atoms with E-state index in [2.05, 4.69) is 5.10 Å². The van der Waals surface area contributed by atoms with Gasteiger partial charge >= 0.3 is 6.18 Å². The van der Waals surface area contributed by atoms with E-state index in [9.17, 15) is 13.2 Å². The summed E-state index contributed by atoms with van der Waals surface area (Å²) in [5, 5.41) is 12.6. The van der Waals surface area contributed by atoms with E-state index in [1.807, 2.05) is 6.92 Å². The summed E-state index contributed by atoms with van der Waals surface area (Å²) < 4.78 is 36.8. The van der Waals surface area contributed by atoms with E-state index in [1.165, 1.54) is 0 Å². The fraction of sp³-hybridized carbons (Fsp3) is 0.875. The van der Waals surface area contributed by atoms with Gasteiger partial charge in [0.2, 0.25) is 0 Å². The monoisotopic (exact) mass is 210 g/mol. The Morgan fingerprint density at radius 3 is 2.64 bits per heavy atom. The highest BCUT2D eigenvalue weighted by Gasteiger charge is 2.56. The molecule has 0 saturated heterocycles. The zero-order valence-electron chi connectivity index (χ0n) is 7.86. The molecule has 1 aliphatic rings. The molecule has 0 bridgehead atoms. The molecule has 0 radical (unpaired) electrons. The first-order valence-electron chi connectivity index (χ1n) is 4.51. The molecule has 3 nitrogen and oxygen atoms in total. The Balaban J connectivity index is 2.52. The van der Waals surface area contributed by atoms with Gasteiger partial charge in [-0.2, -0.15) is 18.3 Å². The number of hydrogen-bond acceptors (Lipinski definition) is 3. The third-order valence-electron chi connectivity index (χ3n) is 2.15. The molecule has 1 aliphatic heterocycles.